The van der Waals surface area contributed by atoms with Gasteiger partial charge in [-0.05, 0) is 59.5 Å². The van der Waals surface area contributed by atoms with Crippen LogP contribution in [0.15, 0.2) is 77.7 Å². The van der Waals surface area contributed by atoms with Gasteiger partial charge in [0.05, 0.1) is 23.6 Å². The molecule has 0 spiro atoms. The average molecular weight is 462 g/mol. The summed E-state index contributed by atoms with van der Waals surface area (Å²) in [5.41, 5.74) is 3.12. The number of hydrogen-bond donors (Lipinski definition) is 1. The van der Waals surface area contributed by atoms with Gasteiger partial charge in [-0.15, -0.1) is 0 Å². The Bertz CT molecular complexity index is 1310. The van der Waals surface area contributed by atoms with E-state index in [1.165, 1.54) is 12.1 Å². The maximum Gasteiger partial charge on any atom is 0.241 e. The summed E-state index contributed by atoms with van der Waals surface area (Å²) < 4.78 is 33.6. The van der Waals surface area contributed by atoms with Crippen LogP contribution in [-0.4, -0.2) is 38.9 Å². The maximum atomic E-state index is 12.9. The van der Waals surface area contributed by atoms with Gasteiger partial charge in [0.1, 0.15) is 11.8 Å². The first-order valence-electron chi connectivity index (χ1n) is 10.4. The van der Waals surface area contributed by atoms with Crippen molar-refractivity contribution in [3.8, 4) is 22.9 Å². The molecule has 0 radical (unpaired) electrons. The summed E-state index contributed by atoms with van der Waals surface area (Å²) in [7, 11) is -2.27. The Kier molecular flexibility index (Phi) is 6.45. The van der Waals surface area contributed by atoms with E-state index in [9.17, 15) is 13.2 Å². The molecule has 8 heteroatoms. The van der Waals surface area contributed by atoms with E-state index in [1.54, 1.807) is 42.3 Å². The summed E-state index contributed by atoms with van der Waals surface area (Å²) in [5.74, 6) is 0.448. The number of sulfonamides is 1. The summed E-state index contributed by atoms with van der Waals surface area (Å²) in [6.07, 6.45) is 0.387. The van der Waals surface area contributed by atoms with Crippen LogP contribution in [0.3, 0.4) is 0 Å². The van der Waals surface area contributed by atoms with Crippen molar-refractivity contribution in [2.24, 2.45) is 0 Å². The van der Waals surface area contributed by atoms with E-state index in [4.69, 9.17) is 10.00 Å². The number of ether oxygens (including phenoxy) is 1. The second kappa shape index (κ2) is 9.45. The average Bonchev–Trinajstić information content (AvgIpc) is 3.17. The molecule has 7 nitrogen and oxygen atoms in total. The Labute approximate surface area is 193 Å². The number of hydrogen-bond acceptors (Lipinski definition) is 5. The number of likely N-dealkylation sites (tertiary alicyclic amines) is 1. The van der Waals surface area contributed by atoms with E-state index in [2.05, 4.69) is 10.8 Å². The van der Waals surface area contributed by atoms with Crippen LogP contribution < -0.4 is 9.46 Å². The van der Waals surface area contributed by atoms with E-state index in [0.717, 1.165) is 22.4 Å². The number of nitriles is 1. The molecule has 3 aromatic rings. The van der Waals surface area contributed by atoms with Crippen molar-refractivity contribution < 1.29 is 17.9 Å². The molecule has 0 aromatic heterocycles. The first-order valence-corrected chi connectivity index (χ1v) is 11.9. The van der Waals surface area contributed by atoms with Gasteiger partial charge in [0.2, 0.25) is 15.9 Å². The molecule has 1 atom stereocenters. The molecule has 1 N–H and O–H groups in total. The molecule has 4 rings (SSSR count). The largest absolute Gasteiger partial charge is 0.497 e. The SMILES string of the molecule is COc1cccc(-c2ccc(S(=O)(=O)N[C@H]3CCN(Cc4cccc(C#N)c4)C3=O)cc2)c1. The summed E-state index contributed by atoms with van der Waals surface area (Å²) in [6.45, 7) is 0.777. The topological polar surface area (TPSA) is 99.5 Å². The summed E-state index contributed by atoms with van der Waals surface area (Å²) in [6, 6.07) is 22.3. The third-order valence-corrected chi connectivity index (χ3v) is 7.08. The zero-order valence-electron chi connectivity index (χ0n) is 18.1. The predicted molar refractivity (Wildman–Crippen MR) is 124 cm³/mol. The van der Waals surface area contributed by atoms with E-state index < -0.39 is 16.1 Å². The molecule has 33 heavy (non-hydrogen) atoms. The number of carbonyl (C=O) groups excluding carboxylic acids is 1. The third-order valence-electron chi connectivity index (χ3n) is 5.59. The highest BCUT2D eigenvalue weighted by Gasteiger charge is 2.34. The van der Waals surface area contributed by atoms with Gasteiger partial charge in [-0.1, -0.05) is 36.4 Å². The molecule has 1 aliphatic heterocycles. The van der Waals surface area contributed by atoms with Gasteiger partial charge in [0, 0.05) is 13.1 Å². The lowest BCUT2D eigenvalue weighted by Crippen LogP contribution is -2.41. The first-order chi connectivity index (χ1) is 15.9. The molecule has 1 heterocycles. The van der Waals surface area contributed by atoms with Gasteiger partial charge >= 0.3 is 0 Å². The molecule has 1 saturated heterocycles. The Morgan fingerprint density at radius 2 is 1.82 bits per heavy atom. The van der Waals surface area contributed by atoms with Gasteiger partial charge in [-0.25, -0.2) is 8.42 Å². The number of benzene rings is 3. The number of carbonyl (C=O) groups is 1. The second-order valence-electron chi connectivity index (χ2n) is 7.79. The Hall–Kier alpha value is -3.67. The zero-order valence-corrected chi connectivity index (χ0v) is 18.9. The lowest BCUT2D eigenvalue weighted by Gasteiger charge is -2.17. The van der Waals surface area contributed by atoms with E-state index in [0.29, 0.717) is 25.1 Å². The summed E-state index contributed by atoms with van der Waals surface area (Å²) in [5, 5.41) is 9.05. The Morgan fingerprint density at radius 1 is 1.06 bits per heavy atom. The van der Waals surface area contributed by atoms with Crippen molar-refractivity contribution >= 4 is 15.9 Å². The molecular weight excluding hydrogens is 438 g/mol. The molecule has 0 saturated carbocycles. The van der Waals surface area contributed by atoms with Crippen molar-refractivity contribution in [1.82, 2.24) is 9.62 Å². The van der Waals surface area contributed by atoms with Crippen LogP contribution in [0, 0.1) is 11.3 Å². The number of rotatable bonds is 7. The fraction of sp³-hybridized carbons (Fsp3) is 0.200. The minimum absolute atomic E-state index is 0.0992. The lowest BCUT2D eigenvalue weighted by atomic mass is 10.1. The third kappa shape index (κ3) is 5.06. The predicted octanol–water partition coefficient (Wildman–Crippen LogP) is 3.31. The van der Waals surface area contributed by atoms with E-state index in [-0.39, 0.29) is 10.8 Å². The lowest BCUT2D eigenvalue weighted by molar-refractivity contribution is -0.129. The van der Waals surface area contributed by atoms with Crippen LogP contribution in [-0.2, 0) is 21.4 Å². The molecular formula is C25H23N3O4S. The Balaban J connectivity index is 1.44. The highest BCUT2D eigenvalue weighted by atomic mass is 32.2. The van der Waals surface area contributed by atoms with Crippen LogP contribution >= 0.6 is 0 Å². The second-order valence-corrected chi connectivity index (χ2v) is 9.50. The maximum absolute atomic E-state index is 12.9. The molecule has 1 fully saturated rings. The van der Waals surface area contributed by atoms with Gasteiger partial charge in [-0.2, -0.15) is 9.98 Å². The van der Waals surface area contributed by atoms with Gasteiger partial charge < -0.3 is 9.64 Å². The Morgan fingerprint density at radius 3 is 2.55 bits per heavy atom. The highest BCUT2D eigenvalue weighted by molar-refractivity contribution is 7.89. The number of amides is 1. The van der Waals surface area contributed by atoms with Gasteiger partial charge in [-0.3, -0.25) is 4.79 Å². The zero-order chi connectivity index (χ0) is 23.4. The minimum atomic E-state index is -3.86. The van der Waals surface area contributed by atoms with Crippen LogP contribution in [0.4, 0.5) is 0 Å². The van der Waals surface area contributed by atoms with Crippen LogP contribution in [0.25, 0.3) is 11.1 Å². The van der Waals surface area contributed by atoms with Crippen molar-refractivity contribution in [3.05, 3.63) is 83.9 Å². The van der Waals surface area contributed by atoms with Crippen molar-refractivity contribution in [2.75, 3.05) is 13.7 Å². The van der Waals surface area contributed by atoms with E-state index in [1.807, 2.05) is 30.3 Å². The van der Waals surface area contributed by atoms with Crippen LogP contribution in [0.1, 0.15) is 17.5 Å². The normalized spacial score (nSPS) is 15.9. The van der Waals surface area contributed by atoms with Crippen LogP contribution in [0.5, 0.6) is 5.75 Å². The van der Waals surface area contributed by atoms with Crippen LogP contribution in [0.2, 0.25) is 0 Å². The van der Waals surface area contributed by atoms with Crippen molar-refractivity contribution in [1.29, 1.82) is 5.26 Å². The number of nitrogens with one attached hydrogen (secondary N) is 1. The molecule has 0 unspecified atom stereocenters. The quantitative estimate of drug-likeness (QED) is 0.582. The number of nitrogens with zero attached hydrogens (tertiary/aromatic N) is 2. The summed E-state index contributed by atoms with van der Waals surface area (Å²) >= 11 is 0. The van der Waals surface area contributed by atoms with E-state index >= 15 is 0 Å². The molecule has 0 bridgehead atoms. The monoisotopic (exact) mass is 461 g/mol. The summed E-state index contributed by atoms with van der Waals surface area (Å²) in [4.78, 5) is 14.5. The van der Waals surface area contributed by atoms with Crippen molar-refractivity contribution in [2.45, 2.75) is 23.9 Å². The van der Waals surface area contributed by atoms with Gasteiger partial charge in [0.15, 0.2) is 0 Å². The standard InChI is InChI=1S/C25H23N3O4S/c1-32-22-7-3-6-21(15-22)20-8-10-23(11-9-20)33(30,31)27-24-12-13-28(25(24)29)17-19-5-2-4-18(14-19)16-26/h2-11,14-15,24,27H,12-13,17H2,1H3/t24-/m0/s1. The number of methoxy groups -OCH3 is 1. The van der Waals surface area contributed by atoms with Crippen molar-refractivity contribution in [3.63, 3.8) is 0 Å². The molecule has 0 aliphatic carbocycles. The molecule has 1 amide bonds. The molecule has 168 valence electrons. The molecule has 1 aliphatic rings. The van der Waals surface area contributed by atoms with Gasteiger partial charge in [0.25, 0.3) is 0 Å². The highest BCUT2D eigenvalue weighted by Crippen LogP contribution is 2.25. The molecule has 3 aromatic carbocycles. The minimum Gasteiger partial charge on any atom is -0.497 e. The smallest absolute Gasteiger partial charge is 0.241 e. The fourth-order valence-corrected chi connectivity index (χ4v) is 5.07. The fourth-order valence-electron chi connectivity index (χ4n) is 3.85. The first kappa shape index (κ1) is 22.5.